The molecule has 0 radical (unpaired) electrons. The lowest BCUT2D eigenvalue weighted by molar-refractivity contribution is -0.125. The maximum absolute atomic E-state index is 13.1. The van der Waals surface area contributed by atoms with Crippen molar-refractivity contribution in [2.24, 2.45) is 0 Å². The summed E-state index contributed by atoms with van der Waals surface area (Å²) in [6.45, 7) is 0. The number of hydrogen-bond donors (Lipinski definition) is 3. The van der Waals surface area contributed by atoms with Crippen LogP contribution in [-0.4, -0.2) is 45.3 Å². The Morgan fingerprint density at radius 2 is 1.64 bits per heavy atom. The van der Waals surface area contributed by atoms with Crippen molar-refractivity contribution in [3.8, 4) is 0 Å². The van der Waals surface area contributed by atoms with Crippen molar-refractivity contribution < 1.29 is 19.5 Å². The van der Waals surface area contributed by atoms with Crippen molar-refractivity contribution in [2.75, 3.05) is 0 Å². The molecule has 1 aliphatic heterocycles. The van der Waals surface area contributed by atoms with Gasteiger partial charge in [0.2, 0.25) is 5.91 Å². The second kappa shape index (κ2) is 15.1. The fourth-order valence-corrected chi connectivity index (χ4v) is 4.51. The lowest BCUT2D eigenvalue weighted by atomic mass is 10.0. The Labute approximate surface area is 213 Å². The fourth-order valence-electron chi connectivity index (χ4n) is 4.51. The summed E-state index contributed by atoms with van der Waals surface area (Å²) in [6.07, 6.45) is 13.6. The highest BCUT2D eigenvalue weighted by Gasteiger charge is 2.25. The summed E-state index contributed by atoms with van der Waals surface area (Å²) in [6, 6.07) is 7.98. The number of nitrogens with zero attached hydrogens (tertiary/aromatic N) is 2. The van der Waals surface area contributed by atoms with Gasteiger partial charge in [0, 0.05) is 0 Å². The number of aliphatic hydroxyl groups excluding tert-OH is 1. The first-order valence-electron chi connectivity index (χ1n) is 13.2. The lowest BCUT2D eigenvalue weighted by Gasteiger charge is -2.21. The summed E-state index contributed by atoms with van der Waals surface area (Å²) >= 11 is 0. The topological polar surface area (TPSA) is 121 Å². The van der Waals surface area contributed by atoms with Crippen LogP contribution < -0.4 is 10.6 Å². The van der Waals surface area contributed by atoms with E-state index in [0.717, 1.165) is 56.8 Å². The van der Waals surface area contributed by atoms with E-state index in [4.69, 9.17) is 0 Å². The average molecular weight is 495 g/mol. The number of amides is 2. The number of aromatic nitrogens is 2. The van der Waals surface area contributed by atoms with Gasteiger partial charge in [-0.15, -0.1) is 0 Å². The number of aldehydes is 1. The van der Waals surface area contributed by atoms with Gasteiger partial charge in [-0.2, -0.15) is 0 Å². The normalized spacial score (nSPS) is 21.3. The Morgan fingerprint density at radius 3 is 2.31 bits per heavy atom. The van der Waals surface area contributed by atoms with Crippen molar-refractivity contribution >= 4 is 18.1 Å². The van der Waals surface area contributed by atoms with Crippen LogP contribution in [0.2, 0.25) is 0 Å². The number of nitrogens with one attached hydrogen (secondary N) is 2. The monoisotopic (exact) mass is 494 g/mol. The van der Waals surface area contributed by atoms with Crippen LogP contribution in [0.5, 0.6) is 0 Å². The molecule has 3 unspecified atom stereocenters. The molecule has 0 fully saturated rings. The molecule has 0 aliphatic carbocycles. The Morgan fingerprint density at radius 1 is 1.00 bits per heavy atom. The van der Waals surface area contributed by atoms with Gasteiger partial charge in [0.05, 0.1) is 30.2 Å². The molecule has 2 heterocycles. The highest BCUT2D eigenvalue weighted by Crippen LogP contribution is 2.19. The van der Waals surface area contributed by atoms with Gasteiger partial charge in [-0.25, -0.2) is 4.98 Å². The van der Waals surface area contributed by atoms with E-state index < -0.39 is 30.0 Å². The second-order valence-corrected chi connectivity index (χ2v) is 9.57. The zero-order valence-electron chi connectivity index (χ0n) is 20.9. The van der Waals surface area contributed by atoms with Gasteiger partial charge in [-0.3, -0.25) is 14.6 Å². The first-order valence-corrected chi connectivity index (χ1v) is 13.2. The molecule has 3 atom stereocenters. The molecule has 2 aromatic rings. The highest BCUT2D eigenvalue weighted by molar-refractivity contribution is 5.96. The molecule has 0 saturated carbocycles. The largest absolute Gasteiger partial charge is 0.387 e. The Balaban J connectivity index is 1.71. The molecule has 2 amide bonds. The molecular weight excluding hydrogens is 456 g/mol. The number of hydrogen-bond acceptors (Lipinski definition) is 6. The van der Waals surface area contributed by atoms with Crippen molar-refractivity contribution in [1.29, 1.82) is 0 Å². The summed E-state index contributed by atoms with van der Waals surface area (Å²) in [4.78, 5) is 46.2. The maximum Gasteiger partial charge on any atom is 0.272 e. The number of rotatable bonds is 5. The molecule has 8 nitrogen and oxygen atoms in total. The standard InChI is InChI=1S/C28H38N4O4/c33-20-22(17-21-13-9-8-10-14-21)30-27(35)23-15-11-6-4-2-1-3-5-7-12-16-26(34)24-18-29-19-25(31-24)28(36)32-23/h8-10,13-14,18-20,22-23,26,34H,1-7,11-12,15-17H2,(H,30,35)(H,32,36). The van der Waals surface area contributed by atoms with E-state index in [0.29, 0.717) is 25.0 Å². The molecule has 0 saturated heterocycles. The minimum Gasteiger partial charge on any atom is -0.387 e. The lowest BCUT2D eigenvalue weighted by Crippen LogP contribution is -2.50. The smallest absolute Gasteiger partial charge is 0.272 e. The van der Waals surface area contributed by atoms with E-state index in [1.165, 1.54) is 25.2 Å². The molecule has 2 bridgehead atoms. The molecule has 36 heavy (non-hydrogen) atoms. The van der Waals surface area contributed by atoms with E-state index in [1.54, 1.807) is 0 Å². The third-order valence-electron chi connectivity index (χ3n) is 6.61. The molecule has 1 aliphatic rings. The predicted molar refractivity (Wildman–Crippen MR) is 137 cm³/mol. The van der Waals surface area contributed by atoms with Gasteiger partial charge in [0.15, 0.2) is 0 Å². The number of carbonyl (C=O) groups is 3. The van der Waals surface area contributed by atoms with Gasteiger partial charge in [0.25, 0.3) is 5.91 Å². The van der Waals surface area contributed by atoms with E-state index in [-0.39, 0.29) is 5.69 Å². The molecule has 3 rings (SSSR count). The van der Waals surface area contributed by atoms with Gasteiger partial charge >= 0.3 is 0 Å². The van der Waals surface area contributed by atoms with E-state index in [2.05, 4.69) is 20.6 Å². The highest BCUT2D eigenvalue weighted by atomic mass is 16.3. The Kier molecular flexibility index (Phi) is 11.5. The summed E-state index contributed by atoms with van der Waals surface area (Å²) < 4.78 is 0. The molecule has 1 aromatic carbocycles. The number of benzene rings is 1. The minimum atomic E-state index is -0.801. The summed E-state index contributed by atoms with van der Waals surface area (Å²) in [5, 5.41) is 16.1. The number of fused-ring (bicyclic) bond motifs is 2. The van der Waals surface area contributed by atoms with Crippen LogP contribution in [0.15, 0.2) is 42.7 Å². The SMILES string of the molecule is O=CC(Cc1ccccc1)NC(=O)C1CCCCCCCCCCCC(O)c2cncc(n2)C(=O)N1. The van der Waals surface area contributed by atoms with Crippen LogP contribution in [0.4, 0.5) is 0 Å². The van der Waals surface area contributed by atoms with Gasteiger partial charge < -0.3 is 20.5 Å². The first-order chi connectivity index (χ1) is 17.6. The molecule has 0 spiro atoms. The van der Waals surface area contributed by atoms with Crippen LogP contribution in [-0.2, 0) is 16.0 Å². The van der Waals surface area contributed by atoms with E-state index in [1.807, 2.05) is 30.3 Å². The number of aliphatic hydroxyl groups is 1. The molecule has 1 aromatic heterocycles. The van der Waals surface area contributed by atoms with Crippen molar-refractivity contribution in [1.82, 2.24) is 20.6 Å². The van der Waals surface area contributed by atoms with Crippen LogP contribution in [0.1, 0.15) is 98.5 Å². The fraction of sp³-hybridized carbons (Fsp3) is 0.536. The van der Waals surface area contributed by atoms with Crippen LogP contribution >= 0.6 is 0 Å². The van der Waals surface area contributed by atoms with Crippen molar-refractivity contribution in [2.45, 2.75) is 95.2 Å². The zero-order chi connectivity index (χ0) is 25.6. The molecule has 194 valence electrons. The van der Waals surface area contributed by atoms with Gasteiger partial charge in [0.1, 0.15) is 18.0 Å². The second-order valence-electron chi connectivity index (χ2n) is 9.57. The maximum atomic E-state index is 13.1. The molecular formula is C28H38N4O4. The summed E-state index contributed by atoms with van der Waals surface area (Å²) in [7, 11) is 0. The minimum absolute atomic E-state index is 0.0571. The van der Waals surface area contributed by atoms with Crippen LogP contribution in [0.25, 0.3) is 0 Å². The third-order valence-corrected chi connectivity index (χ3v) is 6.61. The number of carbonyl (C=O) groups excluding carboxylic acids is 3. The molecule has 3 N–H and O–H groups in total. The Hall–Kier alpha value is -3.13. The van der Waals surface area contributed by atoms with Crippen LogP contribution in [0, 0.1) is 0 Å². The molecule has 8 heteroatoms. The van der Waals surface area contributed by atoms with Crippen LogP contribution in [0.3, 0.4) is 0 Å². The first kappa shape index (κ1) is 27.5. The van der Waals surface area contributed by atoms with Crippen molar-refractivity contribution in [3.05, 3.63) is 59.7 Å². The predicted octanol–water partition coefficient (Wildman–Crippen LogP) is 3.84. The average Bonchev–Trinajstić information content (AvgIpc) is 2.90. The van der Waals surface area contributed by atoms with Crippen molar-refractivity contribution in [3.63, 3.8) is 0 Å². The van der Waals surface area contributed by atoms with E-state index >= 15 is 0 Å². The van der Waals surface area contributed by atoms with Gasteiger partial charge in [-0.1, -0.05) is 88.1 Å². The van der Waals surface area contributed by atoms with Gasteiger partial charge in [-0.05, 0) is 24.8 Å². The van der Waals surface area contributed by atoms with E-state index in [9.17, 15) is 19.5 Å². The Bertz CT molecular complexity index is 969. The third kappa shape index (κ3) is 9.15. The summed E-state index contributed by atoms with van der Waals surface area (Å²) in [5.74, 6) is -0.918. The quantitative estimate of drug-likeness (QED) is 0.543. The summed E-state index contributed by atoms with van der Waals surface area (Å²) in [5.41, 5.74) is 1.35. The zero-order valence-corrected chi connectivity index (χ0v) is 20.9.